The van der Waals surface area contributed by atoms with E-state index >= 15 is 0 Å². The van der Waals surface area contributed by atoms with Crippen LogP contribution in [0.1, 0.15) is 44.8 Å². The van der Waals surface area contributed by atoms with Crippen molar-refractivity contribution in [3.05, 3.63) is 42.0 Å². The molecule has 132 valence electrons. The fourth-order valence-electron chi connectivity index (χ4n) is 3.67. The van der Waals surface area contributed by atoms with Gasteiger partial charge in [-0.15, -0.1) is 0 Å². The Morgan fingerprint density at radius 1 is 1.42 bits per heavy atom. The number of amides is 1. The van der Waals surface area contributed by atoms with Gasteiger partial charge >= 0.3 is 0 Å². The van der Waals surface area contributed by atoms with Crippen molar-refractivity contribution < 1.29 is 15.0 Å². The van der Waals surface area contributed by atoms with E-state index < -0.39 is 6.10 Å². The van der Waals surface area contributed by atoms with Gasteiger partial charge in [0.25, 0.3) is 0 Å². The van der Waals surface area contributed by atoms with Gasteiger partial charge in [0.05, 0.1) is 12.6 Å². The van der Waals surface area contributed by atoms with E-state index in [1.54, 1.807) is 30.1 Å². The van der Waals surface area contributed by atoms with Crippen LogP contribution in [0.3, 0.4) is 0 Å². The molecule has 2 rings (SSSR count). The van der Waals surface area contributed by atoms with Crippen molar-refractivity contribution in [1.82, 2.24) is 4.90 Å². The van der Waals surface area contributed by atoms with Crippen molar-refractivity contribution in [2.75, 3.05) is 13.6 Å². The molecular formula is C20H29NO3. The van der Waals surface area contributed by atoms with E-state index in [0.29, 0.717) is 17.4 Å². The molecule has 0 heterocycles. The molecule has 3 atom stereocenters. The van der Waals surface area contributed by atoms with Gasteiger partial charge < -0.3 is 15.1 Å². The summed E-state index contributed by atoms with van der Waals surface area (Å²) in [6.07, 6.45) is 1.95. The summed E-state index contributed by atoms with van der Waals surface area (Å²) in [5.74, 6) is 0.963. The number of benzene rings is 1. The normalized spacial score (nSPS) is 22.5. The van der Waals surface area contributed by atoms with Gasteiger partial charge in [-0.1, -0.05) is 38.1 Å². The number of allylic oxidation sites excluding steroid dienone is 1. The highest BCUT2D eigenvalue weighted by Gasteiger charge is 2.35. The summed E-state index contributed by atoms with van der Waals surface area (Å²) in [4.78, 5) is 14.5. The Bertz CT molecular complexity index is 596. The Morgan fingerprint density at radius 2 is 2.12 bits per heavy atom. The zero-order chi connectivity index (χ0) is 17.9. The second kappa shape index (κ2) is 7.84. The topological polar surface area (TPSA) is 60.8 Å². The van der Waals surface area contributed by atoms with Crippen LogP contribution < -0.4 is 0 Å². The summed E-state index contributed by atoms with van der Waals surface area (Å²) in [6, 6.07) is 6.53. The third-order valence-corrected chi connectivity index (χ3v) is 5.11. The minimum Gasteiger partial charge on any atom is -0.508 e. The average Bonchev–Trinajstić information content (AvgIpc) is 2.53. The molecule has 0 bridgehead atoms. The van der Waals surface area contributed by atoms with Gasteiger partial charge in [-0.2, -0.15) is 0 Å². The third-order valence-electron chi connectivity index (χ3n) is 5.11. The number of aliphatic hydroxyl groups is 1. The molecule has 4 heteroatoms. The smallest absolute Gasteiger partial charge is 0.226 e. The average molecular weight is 331 g/mol. The van der Waals surface area contributed by atoms with Gasteiger partial charge in [0.1, 0.15) is 5.75 Å². The summed E-state index contributed by atoms with van der Waals surface area (Å²) < 4.78 is 0. The van der Waals surface area contributed by atoms with Crippen molar-refractivity contribution in [2.45, 2.75) is 39.2 Å². The molecule has 0 aliphatic heterocycles. The lowest BCUT2D eigenvalue weighted by molar-refractivity contribution is -0.138. The lowest BCUT2D eigenvalue weighted by atomic mass is 9.71. The first-order valence-corrected chi connectivity index (χ1v) is 8.68. The summed E-state index contributed by atoms with van der Waals surface area (Å²) in [6.45, 7) is 8.62. The predicted molar refractivity (Wildman–Crippen MR) is 95.5 cm³/mol. The van der Waals surface area contributed by atoms with Gasteiger partial charge in [-0.3, -0.25) is 4.79 Å². The lowest BCUT2D eigenvalue weighted by Gasteiger charge is -2.37. The van der Waals surface area contributed by atoms with E-state index in [0.717, 1.165) is 24.8 Å². The summed E-state index contributed by atoms with van der Waals surface area (Å²) in [5, 5.41) is 19.9. The van der Waals surface area contributed by atoms with Crippen LogP contribution in [0.25, 0.3) is 0 Å². The Labute approximate surface area is 144 Å². The van der Waals surface area contributed by atoms with Crippen LogP contribution >= 0.6 is 0 Å². The van der Waals surface area contributed by atoms with Gasteiger partial charge in [0, 0.05) is 13.0 Å². The van der Waals surface area contributed by atoms with Crippen LogP contribution in [0.2, 0.25) is 0 Å². The lowest BCUT2D eigenvalue weighted by Crippen LogP contribution is -2.41. The Hall–Kier alpha value is -1.81. The zero-order valence-electron chi connectivity index (χ0n) is 14.9. The number of phenols is 1. The van der Waals surface area contributed by atoms with Crippen molar-refractivity contribution in [2.24, 2.45) is 17.8 Å². The molecule has 1 fully saturated rings. The molecule has 24 heavy (non-hydrogen) atoms. The number of rotatable bonds is 5. The van der Waals surface area contributed by atoms with Crippen LogP contribution in [0.4, 0.5) is 0 Å². The zero-order valence-corrected chi connectivity index (χ0v) is 14.9. The first-order chi connectivity index (χ1) is 11.3. The predicted octanol–water partition coefficient (Wildman–Crippen LogP) is 3.51. The molecule has 0 aromatic heterocycles. The number of nitrogens with zero attached hydrogens (tertiary/aromatic N) is 1. The highest BCUT2D eigenvalue weighted by Crippen LogP contribution is 2.38. The largest absolute Gasteiger partial charge is 0.508 e. The summed E-state index contributed by atoms with van der Waals surface area (Å²) in [7, 11) is 1.74. The standard InChI is InChI=1S/C20H29NO3/c1-13(2)17-9-8-14(3)10-18(17)20(24)21(4)12-19(23)15-6-5-7-16(22)11-15/h5-7,11,13,17-19,22-23H,3,8-10,12H2,1-2,4H3/t17-,18+,19?/m0/s1. The molecule has 1 aromatic rings. The van der Waals surface area contributed by atoms with Crippen LogP contribution in [0.5, 0.6) is 5.75 Å². The number of carbonyl (C=O) groups is 1. The Kier molecular flexibility index (Phi) is 6.05. The number of carbonyl (C=O) groups excluding carboxylic acids is 1. The SMILES string of the molecule is C=C1CC[C@@H](C(C)C)[C@H](C(=O)N(C)CC(O)c2cccc(O)c2)C1. The fraction of sp³-hybridized carbons (Fsp3) is 0.550. The Morgan fingerprint density at radius 3 is 2.75 bits per heavy atom. The van der Waals surface area contributed by atoms with Gasteiger partial charge in [0.15, 0.2) is 0 Å². The monoisotopic (exact) mass is 331 g/mol. The maximum atomic E-state index is 12.9. The van der Waals surface area contributed by atoms with E-state index in [1.165, 1.54) is 6.07 Å². The maximum absolute atomic E-state index is 12.9. The quantitative estimate of drug-likeness (QED) is 0.812. The fourth-order valence-corrected chi connectivity index (χ4v) is 3.67. The Balaban J connectivity index is 2.05. The number of aromatic hydroxyl groups is 1. The highest BCUT2D eigenvalue weighted by molar-refractivity contribution is 5.79. The molecule has 0 saturated heterocycles. The molecular weight excluding hydrogens is 302 g/mol. The van der Waals surface area contributed by atoms with Gasteiger partial charge in [-0.05, 0) is 48.8 Å². The number of aliphatic hydroxyl groups excluding tert-OH is 1. The number of hydrogen-bond acceptors (Lipinski definition) is 3. The number of likely N-dealkylation sites (N-methyl/N-ethyl adjacent to an activating group) is 1. The second-order valence-electron chi connectivity index (χ2n) is 7.34. The van der Waals surface area contributed by atoms with Crippen LogP contribution in [-0.4, -0.2) is 34.6 Å². The minimum absolute atomic E-state index is 0.0485. The molecule has 1 aromatic carbocycles. The number of phenolic OH excluding ortho intramolecular Hbond substituents is 1. The first-order valence-electron chi connectivity index (χ1n) is 8.68. The maximum Gasteiger partial charge on any atom is 0.226 e. The molecule has 1 amide bonds. The number of hydrogen-bond donors (Lipinski definition) is 2. The first kappa shape index (κ1) is 18.5. The van der Waals surface area contributed by atoms with Crippen molar-refractivity contribution >= 4 is 5.91 Å². The molecule has 1 saturated carbocycles. The van der Waals surface area contributed by atoms with Gasteiger partial charge in [-0.25, -0.2) is 0 Å². The molecule has 1 unspecified atom stereocenters. The van der Waals surface area contributed by atoms with E-state index in [-0.39, 0.29) is 24.1 Å². The minimum atomic E-state index is -0.810. The molecule has 1 aliphatic carbocycles. The van der Waals surface area contributed by atoms with E-state index in [2.05, 4.69) is 20.4 Å². The van der Waals surface area contributed by atoms with Gasteiger partial charge in [0.2, 0.25) is 5.91 Å². The second-order valence-corrected chi connectivity index (χ2v) is 7.34. The third kappa shape index (κ3) is 4.38. The van der Waals surface area contributed by atoms with E-state index in [1.807, 2.05) is 0 Å². The molecule has 2 N–H and O–H groups in total. The molecule has 4 nitrogen and oxygen atoms in total. The highest BCUT2D eigenvalue weighted by atomic mass is 16.3. The van der Waals surface area contributed by atoms with Crippen molar-refractivity contribution in [3.8, 4) is 5.75 Å². The van der Waals surface area contributed by atoms with Crippen molar-refractivity contribution in [3.63, 3.8) is 0 Å². The molecule has 0 radical (unpaired) electrons. The van der Waals surface area contributed by atoms with Crippen LogP contribution in [0.15, 0.2) is 36.4 Å². The van der Waals surface area contributed by atoms with E-state index in [4.69, 9.17) is 0 Å². The van der Waals surface area contributed by atoms with Crippen LogP contribution in [0, 0.1) is 17.8 Å². The molecule has 1 aliphatic rings. The summed E-state index contributed by atoms with van der Waals surface area (Å²) in [5.41, 5.74) is 1.76. The van der Waals surface area contributed by atoms with Crippen molar-refractivity contribution in [1.29, 1.82) is 0 Å². The summed E-state index contributed by atoms with van der Waals surface area (Å²) >= 11 is 0. The van der Waals surface area contributed by atoms with Crippen LogP contribution in [-0.2, 0) is 4.79 Å². The van der Waals surface area contributed by atoms with E-state index in [9.17, 15) is 15.0 Å². The molecule has 0 spiro atoms.